The van der Waals surface area contributed by atoms with Crippen LogP contribution in [0.25, 0.3) is 5.57 Å². The topological polar surface area (TPSA) is 15.5 Å². The van der Waals surface area contributed by atoms with E-state index in [2.05, 4.69) is 56.1 Å². The molecule has 0 bridgehead atoms. The maximum Gasteiger partial charge on any atom is 0.172 e. The summed E-state index contributed by atoms with van der Waals surface area (Å²) in [5.41, 5.74) is 2.39. The van der Waals surface area contributed by atoms with E-state index in [1.54, 1.807) is 0 Å². The zero-order chi connectivity index (χ0) is 17.8. The molecule has 3 heteroatoms. The summed E-state index contributed by atoms with van der Waals surface area (Å²) in [7, 11) is 8.17. The molecule has 0 unspecified atom stereocenters. The molecule has 0 aliphatic carbocycles. The van der Waals surface area contributed by atoms with Crippen molar-refractivity contribution in [1.82, 2.24) is 4.90 Å². The largest absolute Gasteiger partial charge is 0.494 e. The van der Waals surface area contributed by atoms with Gasteiger partial charge in [-0.05, 0) is 38.2 Å². The molecule has 0 atom stereocenters. The van der Waals surface area contributed by atoms with Gasteiger partial charge >= 0.3 is 0 Å². The molecule has 1 rings (SSSR count). The Balaban J connectivity index is 2.51. The van der Waals surface area contributed by atoms with Crippen LogP contribution in [0.4, 0.5) is 0 Å². The van der Waals surface area contributed by atoms with Crippen molar-refractivity contribution >= 4 is 11.4 Å². The van der Waals surface area contributed by atoms with Crippen LogP contribution >= 0.6 is 0 Å². The fourth-order valence-electron chi connectivity index (χ4n) is 2.60. The van der Waals surface area contributed by atoms with Crippen molar-refractivity contribution in [2.24, 2.45) is 0 Å². The summed E-state index contributed by atoms with van der Waals surface area (Å²) >= 11 is 0. The van der Waals surface area contributed by atoms with Gasteiger partial charge in [0.15, 0.2) is 5.87 Å². The van der Waals surface area contributed by atoms with Gasteiger partial charge in [0, 0.05) is 6.54 Å². The predicted octanol–water partition coefficient (Wildman–Crippen LogP) is 4.31. The second-order valence-electron chi connectivity index (χ2n) is 6.86. The highest BCUT2D eigenvalue weighted by Gasteiger charge is 2.06. The smallest absolute Gasteiger partial charge is 0.172 e. The third-order valence-corrected chi connectivity index (χ3v) is 3.80. The third kappa shape index (κ3) is 8.90. The maximum atomic E-state index is 5.86. The summed E-state index contributed by atoms with van der Waals surface area (Å²) in [5, 5.41) is 0. The number of ether oxygens (including phenoxy) is 1. The first-order chi connectivity index (χ1) is 11.5. The van der Waals surface area contributed by atoms with Crippen molar-refractivity contribution in [3.05, 3.63) is 29.8 Å². The standard InChI is InChI=1S/C21H35N2O/c1-6-7-8-9-10-11-16-24-21-14-12-19(13-15-21)20(17-22(2)3)18-23(4)5/h12-15H,6-11,16-17H2,1-5H3/q+1. The zero-order valence-corrected chi connectivity index (χ0v) is 16.3. The van der Waals surface area contributed by atoms with Crippen LogP contribution in [0, 0.1) is 0 Å². The Labute approximate surface area is 148 Å². The molecular formula is C21H35N2O+. The Morgan fingerprint density at radius 1 is 1.00 bits per heavy atom. The SMILES string of the molecule is CCCCCCCCOc1ccc(C(=C=[N+](C)C)CN(C)C)cc1. The number of hydrogen-bond acceptors (Lipinski definition) is 2. The second kappa shape index (κ2) is 11.9. The average Bonchev–Trinajstić information content (AvgIpc) is 2.53. The number of unbranched alkanes of at least 4 members (excludes halogenated alkanes) is 5. The molecule has 134 valence electrons. The highest BCUT2D eigenvalue weighted by atomic mass is 16.5. The van der Waals surface area contributed by atoms with Crippen LogP contribution in [0.5, 0.6) is 5.75 Å². The molecule has 0 N–H and O–H groups in total. The summed E-state index contributed by atoms with van der Waals surface area (Å²) in [5.74, 6) is 4.35. The molecule has 1 aromatic carbocycles. The number of likely N-dealkylation sites (N-methyl/N-ethyl adjacent to an activating group) is 1. The normalized spacial score (nSPS) is 10.6. The first-order valence-electron chi connectivity index (χ1n) is 9.20. The monoisotopic (exact) mass is 331 g/mol. The van der Waals surface area contributed by atoms with Gasteiger partial charge in [-0.3, -0.25) is 0 Å². The van der Waals surface area contributed by atoms with E-state index in [1.165, 1.54) is 43.2 Å². The maximum absolute atomic E-state index is 5.86. The summed E-state index contributed by atoms with van der Waals surface area (Å²) in [6.45, 7) is 3.94. The summed E-state index contributed by atoms with van der Waals surface area (Å²) in [6.07, 6.45) is 7.76. The van der Waals surface area contributed by atoms with Gasteiger partial charge in [0.1, 0.15) is 19.8 Å². The minimum absolute atomic E-state index is 0.815. The van der Waals surface area contributed by atoms with E-state index in [9.17, 15) is 0 Å². The van der Waals surface area contributed by atoms with Crippen LogP contribution in [0.2, 0.25) is 0 Å². The van der Waals surface area contributed by atoms with E-state index in [-0.39, 0.29) is 0 Å². The Morgan fingerprint density at radius 2 is 1.62 bits per heavy atom. The average molecular weight is 332 g/mol. The van der Waals surface area contributed by atoms with Crippen LogP contribution in [-0.2, 0) is 0 Å². The molecule has 0 saturated carbocycles. The van der Waals surface area contributed by atoms with Gasteiger partial charge in [0.25, 0.3) is 0 Å². The van der Waals surface area contributed by atoms with Gasteiger partial charge in [0.2, 0.25) is 0 Å². The van der Waals surface area contributed by atoms with Crippen molar-refractivity contribution in [1.29, 1.82) is 0 Å². The minimum Gasteiger partial charge on any atom is -0.494 e. The molecule has 0 heterocycles. The van der Waals surface area contributed by atoms with Crippen molar-refractivity contribution in [3.8, 4) is 5.75 Å². The van der Waals surface area contributed by atoms with Gasteiger partial charge in [-0.2, -0.15) is 4.58 Å². The Morgan fingerprint density at radius 3 is 2.21 bits per heavy atom. The number of nitrogens with zero attached hydrogens (tertiary/aromatic N) is 2. The summed E-state index contributed by atoms with van der Waals surface area (Å²) in [6, 6.07) is 8.40. The summed E-state index contributed by atoms with van der Waals surface area (Å²) in [4.78, 5) is 2.16. The molecule has 0 radical (unpaired) electrons. The molecule has 1 aromatic rings. The molecule has 0 amide bonds. The van der Waals surface area contributed by atoms with Crippen LogP contribution < -0.4 is 4.74 Å². The second-order valence-corrected chi connectivity index (χ2v) is 6.86. The van der Waals surface area contributed by atoms with E-state index in [0.29, 0.717) is 0 Å². The van der Waals surface area contributed by atoms with Gasteiger partial charge < -0.3 is 9.64 Å². The van der Waals surface area contributed by atoms with E-state index in [1.807, 2.05) is 18.7 Å². The van der Waals surface area contributed by atoms with Gasteiger partial charge in [0.05, 0.1) is 12.2 Å². The van der Waals surface area contributed by atoms with Crippen molar-refractivity contribution < 1.29 is 9.31 Å². The fraction of sp³-hybridized carbons (Fsp3) is 0.619. The van der Waals surface area contributed by atoms with Crippen LogP contribution in [-0.4, -0.2) is 56.7 Å². The highest BCUT2D eigenvalue weighted by molar-refractivity contribution is 5.88. The third-order valence-electron chi connectivity index (χ3n) is 3.80. The minimum atomic E-state index is 0.815. The lowest BCUT2D eigenvalue weighted by Gasteiger charge is -2.11. The molecule has 0 aliphatic heterocycles. The van der Waals surface area contributed by atoms with E-state index in [4.69, 9.17) is 4.74 Å². The van der Waals surface area contributed by atoms with Crippen LogP contribution in [0.3, 0.4) is 0 Å². The van der Waals surface area contributed by atoms with E-state index < -0.39 is 0 Å². The van der Waals surface area contributed by atoms with Crippen molar-refractivity contribution in [2.45, 2.75) is 45.4 Å². The predicted molar refractivity (Wildman–Crippen MR) is 104 cm³/mol. The van der Waals surface area contributed by atoms with Gasteiger partial charge in [-0.15, -0.1) is 0 Å². The molecule has 0 aromatic heterocycles. The summed E-state index contributed by atoms with van der Waals surface area (Å²) < 4.78 is 7.83. The molecule has 3 nitrogen and oxygen atoms in total. The first-order valence-corrected chi connectivity index (χ1v) is 9.20. The zero-order valence-electron chi connectivity index (χ0n) is 16.3. The molecule has 0 aliphatic rings. The Bertz CT molecular complexity index is 521. The lowest BCUT2D eigenvalue weighted by atomic mass is 10.1. The molecule has 0 saturated heterocycles. The fourth-order valence-corrected chi connectivity index (χ4v) is 2.60. The van der Waals surface area contributed by atoms with Gasteiger partial charge in [-0.25, -0.2) is 0 Å². The number of rotatable bonds is 11. The van der Waals surface area contributed by atoms with Gasteiger partial charge in [-0.1, -0.05) is 51.2 Å². The van der Waals surface area contributed by atoms with Crippen molar-refractivity contribution in [3.63, 3.8) is 0 Å². The number of hydrogen-bond donors (Lipinski definition) is 0. The lowest BCUT2D eigenvalue weighted by Crippen LogP contribution is -2.15. The number of benzene rings is 1. The van der Waals surface area contributed by atoms with Crippen molar-refractivity contribution in [2.75, 3.05) is 41.3 Å². The molecular weight excluding hydrogens is 296 g/mol. The van der Waals surface area contributed by atoms with Crippen LogP contribution in [0.1, 0.15) is 51.0 Å². The van der Waals surface area contributed by atoms with E-state index >= 15 is 0 Å². The molecule has 0 spiro atoms. The van der Waals surface area contributed by atoms with E-state index in [0.717, 1.165) is 25.3 Å². The first kappa shape index (κ1) is 20.5. The quantitative estimate of drug-likeness (QED) is 0.341. The Hall–Kier alpha value is -1.57. The Kier molecular flexibility index (Phi) is 10.1. The molecule has 24 heavy (non-hydrogen) atoms. The highest BCUT2D eigenvalue weighted by Crippen LogP contribution is 2.18. The molecule has 0 fully saturated rings. The lowest BCUT2D eigenvalue weighted by molar-refractivity contribution is -0.456. The van der Waals surface area contributed by atoms with Crippen LogP contribution in [0.15, 0.2) is 24.3 Å².